The van der Waals surface area contributed by atoms with Gasteiger partial charge in [0.1, 0.15) is 11.6 Å². The molecule has 0 aromatic heterocycles. The van der Waals surface area contributed by atoms with Gasteiger partial charge >= 0.3 is 6.09 Å². The number of carbonyl (C=O) groups is 1. The van der Waals surface area contributed by atoms with E-state index in [1.165, 1.54) is 11.0 Å². The minimum absolute atomic E-state index is 0.0118. The van der Waals surface area contributed by atoms with Crippen molar-refractivity contribution in [2.45, 2.75) is 30.9 Å². The number of hydrogen-bond donors (Lipinski definition) is 1. The highest BCUT2D eigenvalue weighted by atomic mass is 79.9. The Morgan fingerprint density at radius 3 is 2.81 bits per heavy atom. The summed E-state index contributed by atoms with van der Waals surface area (Å²) >= 11 is 9.43. The molecule has 0 spiro atoms. The van der Waals surface area contributed by atoms with Gasteiger partial charge in [-0.25, -0.2) is 9.18 Å². The molecule has 2 aromatic carbocycles. The van der Waals surface area contributed by atoms with E-state index in [4.69, 9.17) is 16.3 Å². The number of benzene rings is 2. The molecule has 2 atom stereocenters. The molecule has 2 heterocycles. The third kappa shape index (κ3) is 2.58. The van der Waals surface area contributed by atoms with Crippen LogP contribution in [0.25, 0.3) is 0 Å². The lowest BCUT2D eigenvalue weighted by Crippen LogP contribution is -2.52. The second kappa shape index (κ2) is 6.43. The summed E-state index contributed by atoms with van der Waals surface area (Å²) in [5, 5.41) is 9.66. The maximum atomic E-state index is 14.1. The molecule has 0 aliphatic carbocycles. The van der Waals surface area contributed by atoms with E-state index in [0.29, 0.717) is 29.6 Å². The fourth-order valence-electron chi connectivity index (χ4n) is 4.10. The van der Waals surface area contributed by atoms with E-state index in [2.05, 4.69) is 15.9 Å². The van der Waals surface area contributed by atoms with Crippen molar-refractivity contribution in [1.29, 1.82) is 0 Å². The summed E-state index contributed by atoms with van der Waals surface area (Å²) in [6.07, 6.45) is 0.900. The number of likely N-dealkylation sites (tertiary alicyclic amines) is 1. The van der Waals surface area contributed by atoms with Crippen LogP contribution in [0.1, 0.15) is 24.0 Å². The average molecular weight is 441 g/mol. The van der Waals surface area contributed by atoms with Gasteiger partial charge in [0.25, 0.3) is 0 Å². The van der Waals surface area contributed by atoms with Crippen LogP contribution in [0.2, 0.25) is 5.02 Å². The van der Waals surface area contributed by atoms with Gasteiger partial charge in [0.2, 0.25) is 0 Å². The molecule has 2 aliphatic rings. The van der Waals surface area contributed by atoms with Crippen molar-refractivity contribution >= 4 is 33.6 Å². The van der Waals surface area contributed by atoms with E-state index in [-0.39, 0.29) is 11.1 Å². The van der Waals surface area contributed by atoms with Crippen molar-refractivity contribution in [3.63, 3.8) is 0 Å². The van der Waals surface area contributed by atoms with E-state index in [0.717, 1.165) is 17.5 Å². The molecule has 2 unspecified atom stereocenters. The van der Waals surface area contributed by atoms with Gasteiger partial charge in [-0.3, -0.25) is 0 Å². The number of rotatable bonds is 2. The first-order chi connectivity index (χ1) is 12.4. The quantitative estimate of drug-likeness (QED) is 0.652. The number of carboxylic acid groups (broad SMARTS) is 1. The molecule has 1 amide bonds. The number of nitrogens with zero attached hydrogens (tertiary/aromatic N) is 1. The molecular weight excluding hydrogens is 425 g/mol. The van der Waals surface area contributed by atoms with E-state index in [1.54, 1.807) is 0 Å². The van der Waals surface area contributed by atoms with Crippen LogP contribution in [0.5, 0.6) is 5.75 Å². The largest absolute Gasteiger partial charge is 0.480 e. The SMILES string of the molecule is O=C(O)N1CCCC1C1(c2ccccc2)Cc2c(cc(F)c(Cl)c2Br)O1. The molecule has 0 radical (unpaired) electrons. The lowest BCUT2D eigenvalue weighted by molar-refractivity contribution is 0.00691. The van der Waals surface area contributed by atoms with Crippen molar-refractivity contribution in [3.8, 4) is 5.75 Å². The van der Waals surface area contributed by atoms with Crippen LogP contribution in [0.3, 0.4) is 0 Å². The molecule has 1 saturated heterocycles. The molecule has 2 aromatic rings. The first-order valence-electron chi connectivity index (χ1n) is 8.34. The van der Waals surface area contributed by atoms with E-state index >= 15 is 0 Å². The summed E-state index contributed by atoms with van der Waals surface area (Å²) in [6.45, 7) is 0.463. The zero-order valence-electron chi connectivity index (χ0n) is 13.7. The van der Waals surface area contributed by atoms with Crippen LogP contribution in [0.15, 0.2) is 40.9 Å². The molecule has 1 fully saturated rings. The molecule has 2 aliphatic heterocycles. The highest BCUT2D eigenvalue weighted by molar-refractivity contribution is 9.10. The Morgan fingerprint density at radius 2 is 2.12 bits per heavy atom. The van der Waals surface area contributed by atoms with Crippen LogP contribution in [-0.2, 0) is 12.0 Å². The molecule has 26 heavy (non-hydrogen) atoms. The van der Waals surface area contributed by atoms with Gasteiger partial charge in [-0.15, -0.1) is 0 Å². The van der Waals surface area contributed by atoms with E-state index < -0.39 is 17.5 Å². The van der Waals surface area contributed by atoms with Gasteiger partial charge in [0, 0.05) is 29.1 Å². The normalized spacial score (nSPS) is 24.4. The maximum Gasteiger partial charge on any atom is 0.407 e. The zero-order valence-corrected chi connectivity index (χ0v) is 16.1. The van der Waals surface area contributed by atoms with E-state index in [1.807, 2.05) is 30.3 Å². The fourth-order valence-corrected chi connectivity index (χ4v) is 4.80. The molecule has 136 valence electrons. The third-order valence-corrected chi connectivity index (χ3v) is 6.73. The standard InChI is InChI=1S/C19H16BrClFNO3/c20-16-12-10-19(11-5-2-1-3-6-11,15-7-4-8-23(15)18(24)25)26-14(12)9-13(22)17(16)21/h1-3,5-6,9,15H,4,7-8,10H2,(H,24,25). The van der Waals surface area contributed by atoms with Crippen molar-refractivity contribution in [3.05, 3.63) is 62.8 Å². The summed E-state index contributed by atoms with van der Waals surface area (Å²) < 4.78 is 20.9. The molecule has 0 bridgehead atoms. The van der Waals surface area contributed by atoms with Crippen LogP contribution in [0, 0.1) is 5.82 Å². The van der Waals surface area contributed by atoms with Gasteiger partial charge in [-0.2, -0.15) is 0 Å². The van der Waals surface area contributed by atoms with Crippen LogP contribution >= 0.6 is 27.5 Å². The Bertz CT molecular complexity index is 879. The van der Waals surface area contributed by atoms with Crippen LogP contribution in [0.4, 0.5) is 9.18 Å². The number of halogens is 3. The van der Waals surface area contributed by atoms with Crippen molar-refractivity contribution < 1.29 is 19.0 Å². The molecule has 7 heteroatoms. The Kier molecular flexibility index (Phi) is 4.35. The molecule has 4 nitrogen and oxygen atoms in total. The Labute approximate surface area is 163 Å². The van der Waals surface area contributed by atoms with Gasteiger partial charge in [0.15, 0.2) is 5.60 Å². The summed E-state index contributed by atoms with van der Waals surface area (Å²) in [6, 6.07) is 10.5. The van der Waals surface area contributed by atoms with Gasteiger partial charge in [-0.05, 0) is 34.3 Å². The highest BCUT2D eigenvalue weighted by Gasteiger charge is 2.53. The zero-order chi connectivity index (χ0) is 18.5. The smallest absolute Gasteiger partial charge is 0.407 e. The first kappa shape index (κ1) is 17.6. The lowest BCUT2D eigenvalue weighted by Gasteiger charge is -2.39. The number of fused-ring (bicyclic) bond motifs is 1. The molecule has 1 N–H and O–H groups in total. The third-order valence-electron chi connectivity index (χ3n) is 5.25. The molecular formula is C19H16BrClFNO3. The van der Waals surface area contributed by atoms with Gasteiger partial charge in [0.05, 0.1) is 11.1 Å². The second-order valence-corrected chi connectivity index (χ2v) is 7.80. The van der Waals surface area contributed by atoms with Gasteiger partial charge in [-0.1, -0.05) is 41.9 Å². The van der Waals surface area contributed by atoms with Gasteiger partial charge < -0.3 is 14.7 Å². The summed E-state index contributed by atoms with van der Waals surface area (Å²) in [7, 11) is 0. The van der Waals surface area contributed by atoms with Crippen molar-refractivity contribution in [2.24, 2.45) is 0 Å². The minimum Gasteiger partial charge on any atom is -0.480 e. The highest BCUT2D eigenvalue weighted by Crippen LogP contribution is 2.51. The Hall–Kier alpha value is -1.79. The monoisotopic (exact) mass is 439 g/mol. The average Bonchev–Trinajstić information content (AvgIpc) is 3.26. The topological polar surface area (TPSA) is 49.8 Å². The summed E-state index contributed by atoms with van der Waals surface area (Å²) in [5.74, 6) is -0.164. The Balaban J connectivity index is 1.87. The van der Waals surface area contributed by atoms with E-state index in [9.17, 15) is 14.3 Å². The Morgan fingerprint density at radius 1 is 1.38 bits per heavy atom. The maximum absolute atomic E-state index is 14.1. The van der Waals surface area contributed by atoms with Crippen LogP contribution < -0.4 is 4.74 Å². The van der Waals surface area contributed by atoms with Crippen molar-refractivity contribution in [1.82, 2.24) is 4.90 Å². The predicted octanol–water partition coefficient (Wildman–Crippen LogP) is 5.21. The fraction of sp³-hybridized carbons (Fsp3) is 0.316. The molecule has 0 saturated carbocycles. The first-order valence-corrected chi connectivity index (χ1v) is 9.51. The number of ether oxygens (including phenoxy) is 1. The minimum atomic E-state index is -0.967. The van der Waals surface area contributed by atoms with Crippen molar-refractivity contribution in [2.75, 3.05) is 6.54 Å². The second-order valence-electron chi connectivity index (χ2n) is 6.63. The number of amides is 1. The lowest BCUT2D eigenvalue weighted by atomic mass is 9.81. The van der Waals surface area contributed by atoms with Crippen LogP contribution in [-0.4, -0.2) is 28.7 Å². The molecule has 4 rings (SSSR count). The summed E-state index contributed by atoms with van der Waals surface area (Å²) in [4.78, 5) is 13.2. The predicted molar refractivity (Wildman–Crippen MR) is 99.3 cm³/mol. The number of hydrogen-bond acceptors (Lipinski definition) is 2. The summed E-state index contributed by atoms with van der Waals surface area (Å²) in [5.41, 5.74) is 0.730.